The van der Waals surface area contributed by atoms with E-state index in [0.717, 1.165) is 15.8 Å². The zero-order valence-electron chi connectivity index (χ0n) is 16.3. The number of nitrogens with one attached hydrogen (secondary N) is 2. The van der Waals surface area contributed by atoms with Gasteiger partial charge in [0, 0.05) is 18.2 Å². The number of hydrogen-bond acceptors (Lipinski definition) is 3. The van der Waals surface area contributed by atoms with Gasteiger partial charge in [-0.15, -0.1) is 0 Å². The minimum atomic E-state index is -4.49. The molecule has 2 heterocycles. The number of nitrogens with zero attached hydrogens (tertiary/aromatic N) is 2. The number of anilines is 2. The lowest BCUT2D eigenvalue weighted by atomic mass is 9.97. The Labute approximate surface area is 171 Å². The first-order valence-corrected chi connectivity index (χ1v) is 9.74. The standard InChI is InChI=1S/C22H21F3N4O/c1-2-14-8-6-7-11-16(14)27-21(30)18-13-20-26-17(15-9-4-3-5-10-15)12-19(22(23,24)25)29(20)28-18/h3-11,13,17,19,26H,2,12H2,1H3,(H,27,30)/t17-,19+/m1/s1. The molecule has 2 N–H and O–H groups in total. The molecule has 3 aromatic rings. The summed E-state index contributed by atoms with van der Waals surface area (Å²) in [6.07, 6.45) is -3.98. The van der Waals surface area contributed by atoms with Crippen LogP contribution in [0, 0.1) is 0 Å². The van der Waals surface area contributed by atoms with E-state index in [1.165, 1.54) is 6.07 Å². The number of alkyl halides is 3. The number of amides is 1. The van der Waals surface area contributed by atoms with Crippen LogP contribution in [0.5, 0.6) is 0 Å². The Morgan fingerprint density at radius 1 is 1.17 bits per heavy atom. The number of halogens is 3. The molecule has 2 aromatic carbocycles. The van der Waals surface area contributed by atoms with Crippen molar-refractivity contribution < 1.29 is 18.0 Å². The molecule has 5 nitrogen and oxygen atoms in total. The lowest BCUT2D eigenvalue weighted by Gasteiger charge is -2.33. The van der Waals surface area contributed by atoms with Crippen molar-refractivity contribution in [3.8, 4) is 0 Å². The molecule has 8 heteroatoms. The summed E-state index contributed by atoms with van der Waals surface area (Å²) in [5.74, 6) is -0.372. The van der Waals surface area contributed by atoms with E-state index in [1.54, 1.807) is 36.4 Å². The Kier molecular flexibility index (Phi) is 5.24. The van der Waals surface area contributed by atoms with Gasteiger partial charge in [-0.25, -0.2) is 4.68 Å². The Morgan fingerprint density at radius 3 is 2.57 bits per heavy atom. The molecule has 1 amide bonds. The zero-order chi connectivity index (χ0) is 21.3. The number of carbonyl (C=O) groups excluding carboxylic acids is 1. The second kappa shape index (κ2) is 7.85. The minimum Gasteiger partial charge on any atom is -0.363 e. The molecule has 0 saturated carbocycles. The number of fused-ring (bicyclic) bond motifs is 1. The third-order valence-corrected chi connectivity index (χ3v) is 5.27. The lowest BCUT2D eigenvalue weighted by Crippen LogP contribution is -2.35. The third-order valence-electron chi connectivity index (χ3n) is 5.27. The van der Waals surface area contributed by atoms with Crippen molar-refractivity contribution in [3.05, 3.63) is 77.5 Å². The summed E-state index contributed by atoms with van der Waals surface area (Å²) in [5, 5.41) is 9.86. The number of carbonyl (C=O) groups is 1. The van der Waals surface area contributed by atoms with E-state index in [9.17, 15) is 18.0 Å². The highest BCUT2D eigenvalue weighted by Gasteiger charge is 2.46. The Hall–Kier alpha value is -3.29. The van der Waals surface area contributed by atoms with E-state index in [-0.39, 0.29) is 17.9 Å². The molecule has 0 radical (unpaired) electrons. The fraction of sp³-hybridized carbons (Fsp3) is 0.273. The average molecular weight is 414 g/mol. The van der Waals surface area contributed by atoms with Gasteiger partial charge in [-0.05, 0) is 23.6 Å². The SMILES string of the molecule is CCc1ccccc1NC(=O)c1cc2n(n1)[C@H](C(F)(F)F)C[C@H](c1ccccc1)N2. The van der Waals surface area contributed by atoms with Crippen LogP contribution >= 0.6 is 0 Å². The van der Waals surface area contributed by atoms with E-state index in [2.05, 4.69) is 15.7 Å². The van der Waals surface area contributed by atoms with E-state index < -0.39 is 24.2 Å². The Bertz CT molecular complexity index is 1050. The maximum absolute atomic E-state index is 13.8. The topological polar surface area (TPSA) is 59.0 Å². The summed E-state index contributed by atoms with van der Waals surface area (Å²) in [6, 6.07) is 15.3. The van der Waals surface area contributed by atoms with Gasteiger partial charge >= 0.3 is 6.18 Å². The predicted molar refractivity (Wildman–Crippen MR) is 109 cm³/mol. The summed E-state index contributed by atoms with van der Waals surface area (Å²) in [5.41, 5.74) is 2.25. The van der Waals surface area contributed by atoms with Gasteiger partial charge in [-0.2, -0.15) is 18.3 Å². The van der Waals surface area contributed by atoms with Crippen molar-refractivity contribution >= 4 is 17.4 Å². The molecule has 4 rings (SSSR count). The molecular weight excluding hydrogens is 393 g/mol. The number of aromatic nitrogens is 2. The van der Waals surface area contributed by atoms with E-state index in [1.807, 2.05) is 25.1 Å². The molecule has 1 aliphatic rings. The van der Waals surface area contributed by atoms with Crippen LogP contribution in [-0.4, -0.2) is 21.9 Å². The second-order valence-corrected chi connectivity index (χ2v) is 7.22. The van der Waals surface area contributed by atoms with Gasteiger partial charge in [0.1, 0.15) is 5.82 Å². The molecule has 0 fully saturated rings. The van der Waals surface area contributed by atoms with Crippen LogP contribution in [0.2, 0.25) is 0 Å². The van der Waals surface area contributed by atoms with Crippen LogP contribution in [0.15, 0.2) is 60.7 Å². The van der Waals surface area contributed by atoms with E-state index in [0.29, 0.717) is 12.1 Å². The summed E-state index contributed by atoms with van der Waals surface area (Å²) < 4.78 is 42.2. The number of aryl methyl sites for hydroxylation is 1. The third kappa shape index (κ3) is 3.90. The van der Waals surface area contributed by atoms with Gasteiger partial charge in [-0.3, -0.25) is 4.79 Å². The quantitative estimate of drug-likeness (QED) is 0.604. The van der Waals surface area contributed by atoms with Gasteiger partial charge in [0.15, 0.2) is 11.7 Å². The summed E-state index contributed by atoms with van der Waals surface area (Å²) >= 11 is 0. The molecule has 0 bridgehead atoms. The first-order chi connectivity index (χ1) is 14.4. The van der Waals surface area contributed by atoms with Crippen molar-refractivity contribution in [1.82, 2.24) is 9.78 Å². The molecule has 1 aliphatic heterocycles. The van der Waals surface area contributed by atoms with Crippen molar-refractivity contribution in [3.63, 3.8) is 0 Å². The highest BCUT2D eigenvalue weighted by atomic mass is 19.4. The second-order valence-electron chi connectivity index (χ2n) is 7.22. The molecule has 0 spiro atoms. The summed E-state index contributed by atoms with van der Waals surface area (Å²) in [7, 11) is 0. The maximum atomic E-state index is 13.8. The van der Waals surface area contributed by atoms with Crippen LogP contribution in [0.3, 0.4) is 0 Å². The molecule has 0 saturated heterocycles. The minimum absolute atomic E-state index is 0.0635. The Balaban J connectivity index is 1.65. The normalized spacial score (nSPS) is 18.4. The maximum Gasteiger partial charge on any atom is 0.410 e. The average Bonchev–Trinajstić information content (AvgIpc) is 3.17. The molecule has 1 aromatic heterocycles. The molecule has 0 aliphatic carbocycles. The highest BCUT2D eigenvalue weighted by molar-refractivity contribution is 6.03. The first kappa shape index (κ1) is 20.0. The molecule has 0 unspecified atom stereocenters. The molecule has 156 valence electrons. The van der Waals surface area contributed by atoms with E-state index in [4.69, 9.17) is 0 Å². The molecule has 30 heavy (non-hydrogen) atoms. The van der Waals surface area contributed by atoms with Gasteiger partial charge < -0.3 is 10.6 Å². The van der Waals surface area contributed by atoms with Crippen LogP contribution in [-0.2, 0) is 6.42 Å². The smallest absolute Gasteiger partial charge is 0.363 e. The lowest BCUT2D eigenvalue weighted by molar-refractivity contribution is -0.173. The monoisotopic (exact) mass is 414 g/mol. The number of para-hydroxylation sites is 1. The van der Waals surface area contributed by atoms with Crippen molar-refractivity contribution in [2.45, 2.75) is 38.0 Å². The van der Waals surface area contributed by atoms with Crippen molar-refractivity contribution in [2.75, 3.05) is 10.6 Å². The van der Waals surface area contributed by atoms with Gasteiger partial charge in [0.25, 0.3) is 5.91 Å². The predicted octanol–water partition coefficient (Wildman–Crippen LogP) is 5.36. The van der Waals surface area contributed by atoms with Crippen LogP contribution in [0.25, 0.3) is 0 Å². The fourth-order valence-corrected chi connectivity index (χ4v) is 3.73. The van der Waals surface area contributed by atoms with Crippen molar-refractivity contribution in [2.24, 2.45) is 0 Å². The van der Waals surface area contributed by atoms with Gasteiger partial charge in [0.2, 0.25) is 0 Å². The van der Waals surface area contributed by atoms with Gasteiger partial charge in [0.05, 0.1) is 6.04 Å². The largest absolute Gasteiger partial charge is 0.410 e. The van der Waals surface area contributed by atoms with Crippen molar-refractivity contribution in [1.29, 1.82) is 0 Å². The number of hydrogen-bond donors (Lipinski definition) is 2. The summed E-state index contributed by atoms with van der Waals surface area (Å²) in [4.78, 5) is 12.7. The zero-order valence-corrected chi connectivity index (χ0v) is 16.3. The molecular formula is C22H21F3N4O. The number of benzene rings is 2. The van der Waals surface area contributed by atoms with Crippen LogP contribution < -0.4 is 10.6 Å². The van der Waals surface area contributed by atoms with E-state index >= 15 is 0 Å². The first-order valence-electron chi connectivity index (χ1n) is 9.74. The molecule has 2 atom stereocenters. The van der Waals surface area contributed by atoms with Gasteiger partial charge in [-0.1, -0.05) is 55.5 Å². The fourth-order valence-electron chi connectivity index (χ4n) is 3.73. The summed E-state index contributed by atoms with van der Waals surface area (Å²) in [6.45, 7) is 1.96. The van der Waals surface area contributed by atoms with Crippen LogP contribution in [0.1, 0.15) is 47.0 Å². The highest BCUT2D eigenvalue weighted by Crippen LogP contribution is 2.43. The Morgan fingerprint density at radius 2 is 1.87 bits per heavy atom. The van der Waals surface area contributed by atoms with Crippen LogP contribution in [0.4, 0.5) is 24.7 Å². The number of rotatable bonds is 4.